The van der Waals surface area contributed by atoms with E-state index in [1.54, 1.807) is 0 Å². The van der Waals surface area contributed by atoms with Crippen LogP contribution in [0.2, 0.25) is 0 Å². The average Bonchev–Trinajstić information content (AvgIpc) is 3.23. The number of unbranched alkanes of at least 4 members (excludes halogenated alkanes) is 23. The largest absolute Gasteiger partial charge is 0.756 e. The van der Waals surface area contributed by atoms with Crippen molar-refractivity contribution in [2.75, 3.05) is 40.9 Å². The van der Waals surface area contributed by atoms with E-state index in [1.165, 1.54) is 122 Å². The number of aliphatic hydroxyl groups excluding tert-OH is 1. The number of nitrogens with zero attached hydrogens (tertiary/aromatic N) is 1. The van der Waals surface area contributed by atoms with E-state index < -0.39 is 20.0 Å². The molecule has 0 heterocycles. The van der Waals surface area contributed by atoms with Gasteiger partial charge in [-0.2, -0.15) is 0 Å². The van der Waals surface area contributed by atoms with Crippen LogP contribution in [0.1, 0.15) is 219 Å². The number of allylic oxidation sites excluding steroid dienone is 10. The second kappa shape index (κ2) is 44.4. The van der Waals surface area contributed by atoms with Crippen LogP contribution in [0.5, 0.6) is 0 Å². The molecule has 0 aromatic carbocycles. The van der Waals surface area contributed by atoms with Crippen LogP contribution in [0.4, 0.5) is 0 Å². The normalized spacial score (nSPS) is 14.6. The van der Waals surface area contributed by atoms with Crippen LogP contribution < -0.4 is 10.2 Å². The van der Waals surface area contributed by atoms with Gasteiger partial charge in [0.2, 0.25) is 5.91 Å². The SMILES string of the molecule is CC/C=C\C/C=C\C/C=C\C/C=C\C/C=C\CCCCCCCCCCCCCCCCCCCC(=O)NC(COP(=O)([O-])OCC[N+](C)(C)C)C(O)CCCCCCCCC. The van der Waals surface area contributed by atoms with Gasteiger partial charge in [0.05, 0.1) is 39.9 Å². The molecule has 0 bridgehead atoms. The highest BCUT2D eigenvalue weighted by Gasteiger charge is 2.24. The molecule has 0 saturated carbocycles. The number of carbonyl (C=O) groups is 1. The summed E-state index contributed by atoms with van der Waals surface area (Å²) in [5.41, 5.74) is 0. The van der Waals surface area contributed by atoms with E-state index in [0.717, 1.165) is 70.6 Å². The van der Waals surface area contributed by atoms with Crippen molar-refractivity contribution in [1.82, 2.24) is 5.32 Å². The molecule has 0 spiro atoms. The third kappa shape index (κ3) is 46.2. The van der Waals surface area contributed by atoms with Gasteiger partial charge in [-0.15, -0.1) is 0 Å². The number of hydrogen-bond donors (Lipinski definition) is 2. The van der Waals surface area contributed by atoms with E-state index >= 15 is 0 Å². The second-order valence-corrected chi connectivity index (χ2v) is 19.9. The van der Waals surface area contributed by atoms with Gasteiger partial charge in [0.1, 0.15) is 13.2 Å². The maximum Gasteiger partial charge on any atom is 0.268 e. The topological polar surface area (TPSA) is 108 Å². The van der Waals surface area contributed by atoms with Gasteiger partial charge in [-0.25, -0.2) is 0 Å². The van der Waals surface area contributed by atoms with E-state index in [0.29, 0.717) is 23.9 Å². The third-order valence-corrected chi connectivity index (χ3v) is 12.2. The van der Waals surface area contributed by atoms with Gasteiger partial charge in [0.15, 0.2) is 0 Å². The predicted octanol–water partition coefficient (Wildman–Crippen LogP) is 14.3. The van der Waals surface area contributed by atoms with E-state index in [1.807, 2.05) is 21.1 Å². The summed E-state index contributed by atoms with van der Waals surface area (Å²) < 4.78 is 23.2. The third-order valence-electron chi connectivity index (χ3n) is 11.3. The summed E-state index contributed by atoms with van der Waals surface area (Å²) in [6.07, 6.45) is 58.5. The van der Waals surface area contributed by atoms with Gasteiger partial charge in [-0.3, -0.25) is 9.36 Å². The summed E-state index contributed by atoms with van der Waals surface area (Å²) in [5.74, 6) is -0.169. The Balaban J connectivity index is 3.90. The molecule has 0 saturated heterocycles. The molecule has 0 aliphatic rings. The van der Waals surface area contributed by atoms with Crippen molar-refractivity contribution in [2.45, 2.75) is 231 Å². The number of hydrogen-bond acceptors (Lipinski definition) is 6. The molecule has 3 unspecified atom stereocenters. The first kappa shape index (κ1) is 60.2. The maximum atomic E-state index is 12.8. The van der Waals surface area contributed by atoms with Crippen LogP contribution >= 0.6 is 7.82 Å². The zero-order chi connectivity index (χ0) is 45.7. The average molecular weight is 891 g/mol. The molecule has 0 aliphatic heterocycles. The highest BCUT2D eigenvalue weighted by atomic mass is 31.2. The first-order valence-electron chi connectivity index (χ1n) is 25.6. The quantitative estimate of drug-likeness (QED) is 0.0273. The van der Waals surface area contributed by atoms with Gasteiger partial charge in [0, 0.05) is 6.42 Å². The summed E-state index contributed by atoms with van der Waals surface area (Å²) in [6, 6.07) is -0.798. The van der Waals surface area contributed by atoms with Crippen molar-refractivity contribution in [3.05, 3.63) is 60.8 Å². The lowest BCUT2D eigenvalue weighted by Gasteiger charge is -2.30. The Morgan fingerprint density at radius 3 is 1.44 bits per heavy atom. The zero-order valence-corrected chi connectivity index (χ0v) is 42.0. The minimum Gasteiger partial charge on any atom is -0.756 e. The molecule has 2 N–H and O–H groups in total. The Bertz CT molecular complexity index is 1190. The van der Waals surface area contributed by atoms with Gasteiger partial charge in [0.25, 0.3) is 7.82 Å². The highest BCUT2D eigenvalue weighted by Crippen LogP contribution is 2.38. The number of phosphoric acid groups is 1. The fourth-order valence-electron chi connectivity index (χ4n) is 7.24. The number of phosphoric ester groups is 1. The van der Waals surface area contributed by atoms with Crippen molar-refractivity contribution >= 4 is 13.7 Å². The van der Waals surface area contributed by atoms with Crippen LogP contribution in [-0.4, -0.2) is 68.5 Å². The second-order valence-electron chi connectivity index (χ2n) is 18.5. The summed E-state index contributed by atoms with van der Waals surface area (Å²) in [6.45, 7) is 4.55. The summed E-state index contributed by atoms with van der Waals surface area (Å²) in [5, 5.41) is 13.8. The van der Waals surface area contributed by atoms with Crippen LogP contribution in [0.15, 0.2) is 60.8 Å². The molecule has 362 valence electrons. The Morgan fingerprint density at radius 2 is 0.984 bits per heavy atom. The fraction of sp³-hybridized carbons (Fsp3) is 0.792. The van der Waals surface area contributed by atoms with Crippen molar-refractivity contribution in [3.8, 4) is 0 Å². The van der Waals surface area contributed by atoms with E-state index in [9.17, 15) is 19.4 Å². The van der Waals surface area contributed by atoms with Crippen molar-refractivity contribution in [2.24, 2.45) is 0 Å². The number of nitrogens with one attached hydrogen (secondary N) is 1. The van der Waals surface area contributed by atoms with Crippen molar-refractivity contribution in [1.29, 1.82) is 0 Å². The molecule has 8 nitrogen and oxygen atoms in total. The molecule has 0 radical (unpaired) electrons. The van der Waals surface area contributed by atoms with Crippen LogP contribution in [0, 0.1) is 0 Å². The van der Waals surface area contributed by atoms with Gasteiger partial charge >= 0.3 is 0 Å². The Morgan fingerprint density at radius 1 is 0.581 bits per heavy atom. The summed E-state index contributed by atoms with van der Waals surface area (Å²) in [7, 11) is 1.30. The summed E-state index contributed by atoms with van der Waals surface area (Å²) in [4.78, 5) is 25.3. The van der Waals surface area contributed by atoms with Crippen LogP contribution in [0.3, 0.4) is 0 Å². The maximum absolute atomic E-state index is 12.8. The smallest absolute Gasteiger partial charge is 0.268 e. The summed E-state index contributed by atoms with van der Waals surface area (Å²) >= 11 is 0. The molecule has 1 amide bonds. The minimum atomic E-state index is -4.56. The van der Waals surface area contributed by atoms with Crippen molar-refractivity contribution in [3.63, 3.8) is 0 Å². The lowest BCUT2D eigenvalue weighted by atomic mass is 10.0. The van der Waals surface area contributed by atoms with Crippen LogP contribution in [-0.2, 0) is 18.4 Å². The van der Waals surface area contributed by atoms with E-state index in [4.69, 9.17) is 9.05 Å². The first-order chi connectivity index (χ1) is 30.0. The molecule has 0 fully saturated rings. The predicted molar refractivity (Wildman–Crippen MR) is 265 cm³/mol. The number of carbonyl (C=O) groups excluding carboxylic acids is 1. The molecular formula is C53H99N2O6P. The number of quaternary nitrogens is 1. The number of rotatable bonds is 46. The molecule has 0 aromatic heterocycles. The fourth-order valence-corrected chi connectivity index (χ4v) is 7.97. The Hall–Kier alpha value is -1.80. The Kier molecular flexibility index (Phi) is 43.1. The molecule has 0 rings (SSSR count). The molecule has 3 atom stereocenters. The van der Waals surface area contributed by atoms with Gasteiger partial charge in [-0.05, 0) is 57.8 Å². The zero-order valence-electron chi connectivity index (χ0n) is 41.1. The standard InChI is InChI=1S/C53H99N2O6P/c1-6-8-10-12-14-15-16-17-18-19-20-21-22-23-24-25-26-27-28-29-30-31-32-33-34-35-36-37-38-39-41-43-45-47-53(57)54-51(52(56)46-44-42-40-13-11-9-7-2)50-61-62(58,59)60-49-48-55(3,4)5/h8,10,14-15,17-18,20-21,23-24,51-52,56H,6-7,9,11-13,16,19,22,25-50H2,1-5H3,(H-,54,57,58,59)/b10-8-,15-14-,18-17-,21-20-,24-23-. The van der Waals surface area contributed by atoms with Crippen LogP contribution in [0.25, 0.3) is 0 Å². The van der Waals surface area contributed by atoms with Gasteiger partial charge in [-0.1, -0.05) is 216 Å². The van der Waals surface area contributed by atoms with E-state index in [2.05, 4.69) is 79.9 Å². The first-order valence-corrected chi connectivity index (χ1v) is 27.1. The minimum absolute atomic E-state index is 0.0111. The molecule has 9 heteroatoms. The monoisotopic (exact) mass is 891 g/mol. The molecule has 62 heavy (non-hydrogen) atoms. The number of amides is 1. The molecular weight excluding hydrogens is 792 g/mol. The Labute approximate surface area is 383 Å². The number of likely N-dealkylation sites (N-methyl/N-ethyl adjacent to an activating group) is 1. The highest BCUT2D eigenvalue weighted by molar-refractivity contribution is 7.45. The van der Waals surface area contributed by atoms with Crippen molar-refractivity contribution < 1.29 is 32.9 Å². The number of aliphatic hydroxyl groups is 1. The van der Waals surface area contributed by atoms with Gasteiger partial charge < -0.3 is 28.8 Å². The van der Waals surface area contributed by atoms with E-state index in [-0.39, 0.29) is 19.1 Å². The molecule has 0 aliphatic carbocycles. The molecule has 0 aromatic rings. The lowest BCUT2D eigenvalue weighted by Crippen LogP contribution is -2.46. The lowest BCUT2D eigenvalue weighted by molar-refractivity contribution is -0.870.